The molecule has 10 atom stereocenters. The Kier molecular flexibility index (Phi) is 39.7. The molecule has 630 valence electrons. The number of nitrogens with zero attached hydrogens (tertiary/aromatic N) is 3. The van der Waals surface area contributed by atoms with E-state index in [1.807, 2.05) is 18.6 Å². The molecular formula is C105H180N6. The predicted octanol–water partition coefficient (Wildman–Crippen LogP) is 27.3. The fraction of sp³-hybridized carbons (Fsp3) is 0.810. The van der Waals surface area contributed by atoms with Crippen LogP contribution in [0.25, 0.3) is 0 Å². The van der Waals surface area contributed by atoms with Gasteiger partial charge in [0.05, 0.1) is 0 Å². The van der Waals surface area contributed by atoms with Gasteiger partial charge in [-0.05, 0) is 347 Å². The number of aromatic nitrogens is 3. The number of imidazole rings is 1. The number of aryl methyl sites for hydroxylation is 1. The Balaban J connectivity index is 0.000000154. The summed E-state index contributed by atoms with van der Waals surface area (Å²) >= 11 is 0. The standard InChI is InChI=1S/C12H16.C11H15N.C11H20.C11H14.C10H16N2.C10H19N.C9H18.2C8H17N.C8H14.C7H14/c1-9(2)12-7-10-5-3-4-6-11(10)8-12;1-8(2)10-5-9-3-4-12-7-11(9)6-10;1-8(2)11-6-9-4-3-5-10(9)7-11;1-8(2)11-7-9-5-3-4-6-10(9)11;1-8(2)9-3-5-12-6-4-11-10(12)7-9;1-7(2)8-3-9-5-11-6-10(9)4-8;1-8(2)9-6-4-3-5-7-9;1-7(2)8-3-5-9-6-4-8;1-7(2)8-4-3-5-9-6-8;1-6(2)8-3-7(4-8)5-8;1-6(2)7-4-3-5-7/h3-6,9,12H,7-8H2,1-2H3;3-4,7-8,10H,5-6H2,1-2H3;8-11H,3-7H2,1-2H3;3-6,8,11H,7H2,1-2H3;4,6,8-9H,3,5,7H2,1-2H3;7-11H,3-6H2,1-2H3;8-9H,3-7H2,1-2H3;2*7-9H,3-6H2,1-2H3;6-7H,3-5H2,1-2H3;6-7H,3-5H2,1-2H3/t;;9-,10+,11?;11-;;8?,9-,10+;;;;;/m...1......./s1. The summed E-state index contributed by atoms with van der Waals surface area (Å²) in [5.74, 6) is 26.1. The predicted molar refractivity (Wildman–Crippen MR) is 484 cm³/mol. The van der Waals surface area contributed by atoms with Gasteiger partial charge >= 0.3 is 0 Å². The van der Waals surface area contributed by atoms with Crippen molar-refractivity contribution >= 4 is 0 Å². The van der Waals surface area contributed by atoms with Gasteiger partial charge in [-0.25, -0.2) is 4.98 Å². The summed E-state index contributed by atoms with van der Waals surface area (Å²) in [4.78, 5) is 8.50. The van der Waals surface area contributed by atoms with E-state index >= 15 is 0 Å². The number of hydrogen-bond donors (Lipinski definition) is 3. The third-order valence-electron chi connectivity index (χ3n) is 31.8. The van der Waals surface area contributed by atoms with Gasteiger partial charge in [0.25, 0.3) is 0 Å². The highest BCUT2D eigenvalue weighted by molar-refractivity contribution is 5.40. The Bertz CT molecular complexity index is 2870. The highest BCUT2D eigenvalue weighted by atomic mass is 15.1. The summed E-state index contributed by atoms with van der Waals surface area (Å²) in [7, 11) is 0. The number of benzene rings is 2. The van der Waals surface area contributed by atoms with Crippen LogP contribution in [0.15, 0.2) is 79.4 Å². The van der Waals surface area contributed by atoms with Crippen LogP contribution in [0.3, 0.4) is 0 Å². The molecule has 3 saturated heterocycles. The van der Waals surface area contributed by atoms with Crippen molar-refractivity contribution in [3.05, 3.63) is 119 Å². The van der Waals surface area contributed by atoms with Crippen molar-refractivity contribution in [1.29, 1.82) is 0 Å². The van der Waals surface area contributed by atoms with E-state index in [0.29, 0.717) is 0 Å². The Labute approximate surface area is 688 Å². The van der Waals surface area contributed by atoms with Crippen LogP contribution >= 0.6 is 0 Å². The monoisotopic (exact) mass is 1530 g/mol. The molecule has 6 nitrogen and oxygen atoms in total. The van der Waals surface area contributed by atoms with E-state index < -0.39 is 0 Å². The minimum absolute atomic E-state index is 0.801. The Morgan fingerprint density at radius 1 is 0.342 bits per heavy atom. The van der Waals surface area contributed by atoms with E-state index in [2.05, 4.69) is 244 Å². The molecule has 0 radical (unpaired) electrons. The average molecular weight is 1530 g/mol. The van der Waals surface area contributed by atoms with E-state index in [1.165, 1.54) is 197 Å². The van der Waals surface area contributed by atoms with Crippen LogP contribution in [0.5, 0.6) is 0 Å². The molecule has 2 aromatic heterocycles. The summed E-state index contributed by atoms with van der Waals surface area (Å²) < 4.78 is 2.28. The Morgan fingerprint density at radius 3 is 1.19 bits per heavy atom. The first kappa shape index (κ1) is 93.2. The van der Waals surface area contributed by atoms with Gasteiger partial charge in [-0.3, -0.25) is 4.98 Å². The fourth-order valence-electron chi connectivity index (χ4n) is 21.9. The normalized spacial score (nSPS) is 28.5. The highest BCUT2D eigenvalue weighted by Crippen LogP contribution is 2.68. The zero-order chi connectivity index (χ0) is 80.3. The van der Waals surface area contributed by atoms with E-state index in [-0.39, 0.29) is 0 Å². The summed E-state index contributed by atoms with van der Waals surface area (Å²) in [5, 5.41) is 10.3. The minimum Gasteiger partial charge on any atom is -0.335 e. The summed E-state index contributed by atoms with van der Waals surface area (Å²) in [5.41, 5.74) is 10.2. The molecule has 15 aliphatic rings. The molecule has 4 aromatic rings. The quantitative estimate of drug-likeness (QED) is 0.140. The molecule has 4 aliphatic heterocycles. The van der Waals surface area contributed by atoms with Crippen molar-refractivity contribution in [2.24, 2.45) is 153 Å². The molecule has 0 spiro atoms. The number of piperidine rings is 2. The molecule has 6 heteroatoms. The lowest BCUT2D eigenvalue weighted by Gasteiger charge is -2.64. The van der Waals surface area contributed by atoms with E-state index in [4.69, 9.17) is 0 Å². The van der Waals surface area contributed by atoms with Crippen LogP contribution in [0.1, 0.15) is 345 Å². The van der Waals surface area contributed by atoms with Gasteiger partial charge in [-0.2, -0.15) is 0 Å². The zero-order valence-electron chi connectivity index (χ0n) is 76.8. The maximum atomic E-state index is 4.35. The van der Waals surface area contributed by atoms with Crippen molar-refractivity contribution in [3.8, 4) is 0 Å². The molecule has 6 heterocycles. The number of nitrogens with one attached hydrogen (secondary N) is 3. The molecule has 111 heavy (non-hydrogen) atoms. The fourth-order valence-corrected chi connectivity index (χ4v) is 21.9. The van der Waals surface area contributed by atoms with Crippen LogP contribution in [0, 0.1) is 153 Å². The molecule has 8 saturated carbocycles. The second-order valence-corrected chi connectivity index (χ2v) is 42.9. The third-order valence-corrected chi connectivity index (χ3v) is 31.8. The molecule has 2 bridgehead atoms. The van der Waals surface area contributed by atoms with Crippen molar-refractivity contribution in [2.45, 2.75) is 351 Å². The molecule has 5 unspecified atom stereocenters. The van der Waals surface area contributed by atoms with Gasteiger partial charge in [0.15, 0.2) is 0 Å². The van der Waals surface area contributed by atoms with Crippen LogP contribution < -0.4 is 16.0 Å². The van der Waals surface area contributed by atoms with Gasteiger partial charge < -0.3 is 20.5 Å². The maximum absolute atomic E-state index is 4.35. The van der Waals surface area contributed by atoms with Crippen molar-refractivity contribution in [1.82, 2.24) is 30.5 Å². The van der Waals surface area contributed by atoms with Crippen LogP contribution in [-0.4, -0.2) is 53.8 Å². The van der Waals surface area contributed by atoms with E-state index in [1.54, 1.807) is 67.2 Å². The largest absolute Gasteiger partial charge is 0.335 e. The van der Waals surface area contributed by atoms with Gasteiger partial charge in [-0.15, -0.1) is 0 Å². The van der Waals surface area contributed by atoms with Gasteiger partial charge in [-0.1, -0.05) is 271 Å². The molecule has 11 aliphatic carbocycles. The lowest BCUT2D eigenvalue weighted by Crippen LogP contribution is -2.54. The highest BCUT2D eigenvalue weighted by Gasteiger charge is 2.57. The first-order valence-corrected chi connectivity index (χ1v) is 48.3. The lowest BCUT2D eigenvalue weighted by atomic mass is 9.41. The molecular weight excluding hydrogens is 1350 g/mol. The van der Waals surface area contributed by atoms with E-state index in [0.717, 1.165) is 166 Å². The SMILES string of the molecule is CC(C)C12CC(C1)C2.CC(C)C1CCC1.CC(C)C1CCCCC1.CC(C)C1CCCNC1.CC(C)C1CCNCC1.CC(C)C1CCn2ccnc2C1.CC(C)C1C[C@H]2CCC[C@H]2C1.CC(C)C1C[C@H]2CNC[C@H]2C1.CC(C)C1Cc2ccccc2C1.CC(C)C1Cc2ccncc2C1.CC(C)[C@H]1Cc2ccccc21. The summed E-state index contributed by atoms with van der Waals surface area (Å²) in [6.45, 7) is 60.2. The summed E-state index contributed by atoms with van der Waals surface area (Å²) in [6, 6.07) is 19.8. The second kappa shape index (κ2) is 47.3. The van der Waals surface area contributed by atoms with Crippen molar-refractivity contribution in [3.63, 3.8) is 0 Å². The van der Waals surface area contributed by atoms with E-state index in [9.17, 15) is 0 Å². The first-order chi connectivity index (χ1) is 53.1. The zero-order valence-corrected chi connectivity index (χ0v) is 76.8. The molecule has 3 N–H and O–H groups in total. The van der Waals surface area contributed by atoms with Crippen molar-refractivity contribution < 1.29 is 0 Å². The van der Waals surface area contributed by atoms with Gasteiger partial charge in [0, 0.05) is 37.8 Å². The maximum Gasteiger partial charge on any atom is 0.108 e. The number of rotatable bonds is 11. The molecule has 19 rings (SSSR count). The number of pyridine rings is 1. The van der Waals surface area contributed by atoms with Gasteiger partial charge in [0.2, 0.25) is 0 Å². The first-order valence-electron chi connectivity index (χ1n) is 48.3. The Hall–Kier alpha value is -3.32. The molecule has 2 aromatic carbocycles. The van der Waals surface area contributed by atoms with Gasteiger partial charge in [0.1, 0.15) is 5.82 Å². The topological polar surface area (TPSA) is 66.8 Å². The molecule has 0 amide bonds. The average Bonchev–Trinajstić information content (AvgIpc) is 1.72. The van der Waals surface area contributed by atoms with Crippen LogP contribution in [-0.2, 0) is 45.1 Å². The summed E-state index contributed by atoms with van der Waals surface area (Å²) in [6.07, 6.45) is 49.8. The van der Waals surface area contributed by atoms with Crippen LogP contribution in [0.2, 0.25) is 0 Å². The second-order valence-electron chi connectivity index (χ2n) is 42.9. The minimum atomic E-state index is 0.801. The van der Waals surface area contributed by atoms with Crippen LogP contribution in [0.4, 0.5) is 0 Å². The number of fused-ring (bicyclic) bond motifs is 6. The number of hydrogen-bond acceptors (Lipinski definition) is 5. The Morgan fingerprint density at radius 2 is 0.793 bits per heavy atom. The molecule has 11 fully saturated rings. The lowest BCUT2D eigenvalue weighted by molar-refractivity contribution is -0.141. The third kappa shape index (κ3) is 29.3. The smallest absolute Gasteiger partial charge is 0.108 e. The van der Waals surface area contributed by atoms with Crippen molar-refractivity contribution in [2.75, 3.05) is 39.3 Å².